The standard InChI is InChI=1S/C107H86N2/c1-63-29-37-73(38-30-63)108(77-43-49-85-97(61-77)104(5,6)91-51-33-64-21-17-19-27-79(64)101(85)91)75-41-47-83-89(59-75)99(70-31-45-81-87-53-66-23-13-15-25-68(66)55-95(87)106(9,10)93(81)57-70)84-48-42-76(60-90(84)100(83)71-32-46-82-88-54-67-24-14-16-26-69(67)56-96(88)107(11,12)94(82)58-71)109(74-39-35-72(36-40-74)103(2,3)4)78-44-50-86-98(62-78)105(7,8)92-52-34-65-22-18-20-28-80(65)102(86)92/h13-62H,1-12H3. The van der Waals surface area contributed by atoms with Gasteiger partial charge in [0.25, 0.3) is 0 Å². The third-order valence-electron chi connectivity index (χ3n) is 26.2. The molecule has 0 heterocycles. The van der Waals surface area contributed by atoms with Gasteiger partial charge in [-0.15, -0.1) is 0 Å². The Labute approximate surface area is 640 Å². The lowest BCUT2D eigenvalue weighted by molar-refractivity contribution is 0.590. The molecule has 109 heavy (non-hydrogen) atoms. The van der Waals surface area contributed by atoms with Crippen molar-refractivity contribution in [3.8, 4) is 66.8 Å². The van der Waals surface area contributed by atoms with Gasteiger partial charge >= 0.3 is 0 Å². The molecule has 17 aromatic rings. The zero-order chi connectivity index (χ0) is 74.1. The Morgan fingerprint density at radius 3 is 0.972 bits per heavy atom. The van der Waals surface area contributed by atoms with Gasteiger partial charge in [-0.25, -0.2) is 0 Å². The van der Waals surface area contributed by atoms with Crippen molar-refractivity contribution in [2.75, 3.05) is 9.80 Å². The van der Waals surface area contributed by atoms with E-state index in [9.17, 15) is 0 Å². The van der Waals surface area contributed by atoms with Gasteiger partial charge in [0.05, 0.1) is 0 Å². The molecule has 0 aromatic heterocycles. The van der Waals surface area contributed by atoms with Gasteiger partial charge in [-0.3, -0.25) is 0 Å². The number of hydrogen-bond donors (Lipinski definition) is 0. The Morgan fingerprint density at radius 2 is 0.550 bits per heavy atom. The Kier molecular flexibility index (Phi) is 13.7. The first kappa shape index (κ1) is 65.2. The number of rotatable bonds is 8. The van der Waals surface area contributed by atoms with Crippen molar-refractivity contribution in [2.24, 2.45) is 0 Å². The van der Waals surface area contributed by atoms with Crippen LogP contribution in [0.3, 0.4) is 0 Å². The lowest BCUT2D eigenvalue weighted by Crippen LogP contribution is -2.17. The predicted octanol–water partition coefficient (Wildman–Crippen LogP) is 29.7. The molecule has 2 heteroatoms. The molecule has 524 valence electrons. The van der Waals surface area contributed by atoms with Crippen LogP contribution in [0.15, 0.2) is 303 Å². The number of hydrogen-bond acceptors (Lipinski definition) is 2. The largest absolute Gasteiger partial charge is 0.310 e. The third kappa shape index (κ3) is 9.53. The zero-order valence-corrected chi connectivity index (χ0v) is 64.3. The van der Waals surface area contributed by atoms with Crippen molar-refractivity contribution >= 4 is 98.8 Å². The summed E-state index contributed by atoms with van der Waals surface area (Å²) in [7, 11) is 0. The van der Waals surface area contributed by atoms with Crippen molar-refractivity contribution < 1.29 is 0 Å². The molecule has 4 aliphatic rings. The molecule has 0 fully saturated rings. The number of benzene rings is 17. The van der Waals surface area contributed by atoms with Crippen LogP contribution in [-0.2, 0) is 27.1 Å². The summed E-state index contributed by atoms with van der Waals surface area (Å²) in [6.07, 6.45) is 0. The highest BCUT2D eigenvalue weighted by atomic mass is 15.1. The van der Waals surface area contributed by atoms with E-state index in [4.69, 9.17) is 0 Å². The maximum Gasteiger partial charge on any atom is 0.0468 e. The molecule has 0 atom stereocenters. The van der Waals surface area contributed by atoms with Crippen molar-refractivity contribution in [3.63, 3.8) is 0 Å². The molecule has 0 saturated carbocycles. The Morgan fingerprint density at radius 1 is 0.220 bits per heavy atom. The van der Waals surface area contributed by atoms with E-state index in [1.165, 1.54) is 187 Å². The summed E-state index contributed by atoms with van der Waals surface area (Å²) in [4.78, 5) is 5.08. The second-order valence-corrected chi connectivity index (χ2v) is 34.9. The van der Waals surface area contributed by atoms with E-state index in [1.54, 1.807) is 0 Å². The molecule has 17 aromatic carbocycles. The molecule has 4 aliphatic carbocycles. The van der Waals surface area contributed by atoms with Gasteiger partial charge in [-0.2, -0.15) is 0 Å². The quantitative estimate of drug-likeness (QED) is 0.140. The van der Waals surface area contributed by atoms with E-state index >= 15 is 0 Å². The molecule has 2 nitrogen and oxygen atoms in total. The smallest absolute Gasteiger partial charge is 0.0468 e. The number of fused-ring (bicyclic) bond motifs is 20. The molecule has 0 N–H and O–H groups in total. The van der Waals surface area contributed by atoms with E-state index in [0.29, 0.717) is 0 Å². The minimum atomic E-state index is -0.286. The summed E-state index contributed by atoms with van der Waals surface area (Å²) in [5.74, 6) is 0. The molecular weight excluding hydrogens is 1310 g/mol. The van der Waals surface area contributed by atoms with E-state index in [-0.39, 0.29) is 27.1 Å². The topological polar surface area (TPSA) is 6.48 Å². The SMILES string of the molecule is Cc1ccc(N(c2ccc3c(c2)C(C)(C)c2ccc4ccccc4c2-3)c2ccc3c(-c4ccc5c(c4)C(C)(C)c4cc6ccccc6cc4-5)c4cc(N(c5ccc(C(C)(C)C)cc5)c5ccc6c(c5)C(C)(C)c5ccc7ccccc7c5-6)ccc4c(-c4ccc5c(c4)C(C)(C)c4cc6ccccc6cc4-5)c3c2)cc1. The first-order valence-corrected chi connectivity index (χ1v) is 39.1. The van der Waals surface area contributed by atoms with Gasteiger partial charge < -0.3 is 9.80 Å². The van der Waals surface area contributed by atoms with Gasteiger partial charge in [-0.05, 0) is 303 Å². The molecule has 0 amide bonds. The fraction of sp³-hybridized carbons (Fsp3) is 0.159. The minimum absolute atomic E-state index is 0.0366. The van der Waals surface area contributed by atoms with Crippen LogP contribution in [0.2, 0.25) is 0 Å². The van der Waals surface area contributed by atoms with Crippen molar-refractivity contribution in [1.29, 1.82) is 0 Å². The number of nitrogens with zero attached hydrogens (tertiary/aromatic N) is 2. The van der Waals surface area contributed by atoms with Crippen LogP contribution in [0.5, 0.6) is 0 Å². The minimum Gasteiger partial charge on any atom is -0.310 e. The molecule has 0 unspecified atom stereocenters. The van der Waals surface area contributed by atoms with Gasteiger partial charge in [0, 0.05) is 55.8 Å². The van der Waals surface area contributed by atoms with Gasteiger partial charge in [-0.1, -0.05) is 276 Å². The van der Waals surface area contributed by atoms with E-state index in [0.717, 1.165) is 34.1 Å². The summed E-state index contributed by atoms with van der Waals surface area (Å²) in [5, 5.41) is 15.0. The fourth-order valence-electron chi connectivity index (χ4n) is 20.2. The molecule has 0 bridgehead atoms. The van der Waals surface area contributed by atoms with Crippen LogP contribution in [0.1, 0.15) is 132 Å². The fourth-order valence-corrected chi connectivity index (χ4v) is 20.2. The van der Waals surface area contributed by atoms with Crippen LogP contribution in [0, 0.1) is 6.92 Å². The monoisotopic (exact) mass is 1400 g/mol. The normalized spacial score (nSPS) is 14.9. The number of anilines is 6. The molecule has 0 saturated heterocycles. The van der Waals surface area contributed by atoms with Gasteiger partial charge in [0.15, 0.2) is 0 Å². The molecular formula is C107H86N2. The Hall–Kier alpha value is -12.1. The Bertz CT molecular complexity index is 6820. The summed E-state index contributed by atoms with van der Waals surface area (Å²) in [6, 6.07) is 118. The third-order valence-corrected chi connectivity index (χ3v) is 26.2. The van der Waals surface area contributed by atoms with Gasteiger partial charge in [0.2, 0.25) is 0 Å². The predicted molar refractivity (Wildman–Crippen MR) is 465 cm³/mol. The van der Waals surface area contributed by atoms with Gasteiger partial charge in [0.1, 0.15) is 0 Å². The van der Waals surface area contributed by atoms with Crippen LogP contribution >= 0.6 is 0 Å². The zero-order valence-electron chi connectivity index (χ0n) is 64.3. The second-order valence-electron chi connectivity index (χ2n) is 34.9. The van der Waals surface area contributed by atoms with Crippen LogP contribution in [0.4, 0.5) is 34.1 Å². The summed E-state index contributed by atoms with van der Waals surface area (Å²) < 4.78 is 0. The first-order chi connectivity index (χ1) is 52.6. The summed E-state index contributed by atoms with van der Waals surface area (Å²) in [5.41, 5.74) is 34.3. The molecule has 21 rings (SSSR count). The lowest BCUT2D eigenvalue weighted by Gasteiger charge is -2.30. The Balaban J connectivity index is 0.849. The molecule has 0 aliphatic heterocycles. The highest BCUT2D eigenvalue weighted by molar-refractivity contribution is 6.23. The van der Waals surface area contributed by atoms with Crippen LogP contribution < -0.4 is 9.80 Å². The van der Waals surface area contributed by atoms with E-state index in [2.05, 4.69) is 396 Å². The summed E-state index contributed by atoms with van der Waals surface area (Å²) in [6.45, 7) is 28.6. The molecule has 0 spiro atoms. The maximum atomic E-state index is 2.58. The highest BCUT2D eigenvalue weighted by Gasteiger charge is 2.42. The summed E-state index contributed by atoms with van der Waals surface area (Å²) >= 11 is 0. The van der Waals surface area contributed by atoms with Crippen molar-refractivity contribution in [2.45, 2.75) is 110 Å². The molecule has 0 radical (unpaired) electrons. The maximum absolute atomic E-state index is 2.58. The second kappa shape index (κ2) is 23.0. The first-order valence-electron chi connectivity index (χ1n) is 39.1. The van der Waals surface area contributed by atoms with Crippen molar-refractivity contribution in [3.05, 3.63) is 359 Å². The van der Waals surface area contributed by atoms with E-state index in [1.807, 2.05) is 0 Å². The van der Waals surface area contributed by atoms with Crippen molar-refractivity contribution in [1.82, 2.24) is 0 Å². The average Bonchev–Trinajstić information content (AvgIpc) is 1.68. The lowest BCUT2D eigenvalue weighted by atomic mass is 9.79. The van der Waals surface area contributed by atoms with Crippen LogP contribution in [-0.4, -0.2) is 0 Å². The van der Waals surface area contributed by atoms with Crippen LogP contribution in [0.25, 0.3) is 131 Å². The average molecular weight is 1400 g/mol. The highest BCUT2D eigenvalue weighted by Crippen LogP contribution is 2.59. The number of aryl methyl sites for hydroxylation is 1. The van der Waals surface area contributed by atoms with E-state index < -0.39 is 0 Å².